The Morgan fingerprint density at radius 3 is 2.54 bits per heavy atom. The van der Waals surface area contributed by atoms with Crippen molar-refractivity contribution in [2.24, 2.45) is 17.8 Å². The highest BCUT2D eigenvalue weighted by molar-refractivity contribution is 7.80. The van der Waals surface area contributed by atoms with Gasteiger partial charge in [0.2, 0.25) is 0 Å². The average molecular weight is 545 g/mol. The van der Waals surface area contributed by atoms with Crippen LogP contribution in [-0.4, -0.2) is 40.4 Å². The van der Waals surface area contributed by atoms with E-state index in [4.69, 9.17) is 22.1 Å². The summed E-state index contributed by atoms with van der Waals surface area (Å²) < 4.78 is 12.6. The lowest BCUT2D eigenvalue weighted by Crippen LogP contribution is -2.67. The lowest BCUT2D eigenvalue weighted by Gasteiger charge is -2.65. The predicted octanol–water partition coefficient (Wildman–Crippen LogP) is 6.20. The Hall–Kier alpha value is -2.48. The molecule has 39 heavy (non-hydrogen) atoms. The number of hydrogen-bond donors (Lipinski definition) is 3. The van der Waals surface area contributed by atoms with E-state index in [-0.39, 0.29) is 17.7 Å². The third-order valence-corrected chi connectivity index (χ3v) is 10.8. The maximum atomic E-state index is 13.6. The molecule has 5 aliphatic rings. The van der Waals surface area contributed by atoms with Crippen LogP contribution in [-0.2, 0) is 21.3 Å². The Kier molecular flexibility index (Phi) is 6.07. The molecule has 1 aliphatic heterocycles. The van der Waals surface area contributed by atoms with E-state index in [1.165, 1.54) is 22.9 Å². The van der Waals surface area contributed by atoms with Gasteiger partial charge in [0.05, 0.1) is 0 Å². The molecule has 1 radical (unpaired) electrons. The van der Waals surface area contributed by atoms with Crippen molar-refractivity contribution in [1.82, 2.24) is 15.6 Å². The van der Waals surface area contributed by atoms with E-state index in [0.717, 1.165) is 37.6 Å². The second-order valence-electron chi connectivity index (χ2n) is 12.8. The van der Waals surface area contributed by atoms with Crippen molar-refractivity contribution in [3.05, 3.63) is 71.9 Å². The molecule has 205 valence electrons. The fourth-order valence-corrected chi connectivity index (χ4v) is 8.76. The molecule has 7 heteroatoms. The van der Waals surface area contributed by atoms with Crippen LogP contribution in [0.25, 0.3) is 10.9 Å². The zero-order chi connectivity index (χ0) is 26.8. The number of ether oxygens (including phenoxy) is 2. The number of H-pyrrole nitrogens is 1. The Morgan fingerprint density at radius 1 is 1.08 bits per heavy atom. The highest BCUT2D eigenvalue weighted by Gasteiger charge is 2.67. The smallest absolute Gasteiger partial charge is 0.410 e. The zero-order valence-electron chi connectivity index (χ0n) is 22.7. The van der Waals surface area contributed by atoms with E-state index in [0.29, 0.717) is 23.5 Å². The standard InChI is InChI=1S/C32H38N3O3S/c1-30(38-29(36)35-31(2)28(37-31)34-24(19-39)15-20-8-4-3-5-9-20)23-13-21-12-22(14-23)17-32(30,16-21)26-18-33-27-11-7-6-10-25(26)27/h3-11,18,21-24,28,33-34H,12-17,19H2,1-2H3,(H,35,36)/t21?,22?,23?,24?,28-,30?,31+,32?/m0/s1. The van der Waals surface area contributed by atoms with Crippen molar-refractivity contribution in [3.63, 3.8) is 0 Å². The average Bonchev–Trinajstić information content (AvgIpc) is 3.33. The van der Waals surface area contributed by atoms with Gasteiger partial charge in [-0.25, -0.2) is 4.79 Å². The van der Waals surface area contributed by atoms with E-state index < -0.39 is 17.4 Å². The first-order valence-electron chi connectivity index (χ1n) is 14.5. The van der Waals surface area contributed by atoms with Crippen LogP contribution in [0.3, 0.4) is 0 Å². The number of benzene rings is 2. The molecule has 2 heterocycles. The Labute approximate surface area is 236 Å². The van der Waals surface area contributed by atoms with Crippen molar-refractivity contribution in [2.45, 2.75) is 81.4 Å². The first-order chi connectivity index (χ1) is 18.8. The number of aromatic amines is 1. The summed E-state index contributed by atoms with van der Waals surface area (Å²) >= 11 is 5.42. The molecule has 1 saturated heterocycles. The molecule has 4 aliphatic carbocycles. The van der Waals surface area contributed by atoms with Crippen LogP contribution in [0.4, 0.5) is 4.79 Å². The van der Waals surface area contributed by atoms with E-state index >= 15 is 0 Å². The lowest BCUT2D eigenvalue weighted by atomic mass is 9.42. The van der Waals surface area contributed by atoms with Gasteiger partial charge in [-0.15, -0.1) is 0 Å². The molecule has 5 fully saturated rings. The Morgan fingerprint density at radius 2 is 1.79 bits per heavy atom. The SMILES string of the molecule is CC1(OC(=O)N[C@]2(C)O[C@@H]2NC(C[S])Cc2ccccc2)C2CC3CC(C2)CC1(c1c[nH]c2ccccc12)C3. The van der Waals surface area contributed by atoms with Gasteiger partial charge in [-0.2, -0.15) is 0 Å². The van der Waals surface area contributed by atoms with Crippen LogP contribution in [0.5, 0.6) is 0 Å². The van der Waals surface area contributed by atoms with Crippen molar-refractivity contribution in [1.29, 1.82) is 0 Å². The molecule has 4 bridgehead atoms. The van der Waals surface area contributed by atoms with Crippen LogP contribution in [0.1, 0.15) is 57.1 Å². The molecule has 3 aromatic rings. The van der Waals surface area contributed by atoms with Gasteiger partial charge in [0.1, 0.15) is 5.60 Å². The molecular weight excluding hydrogens is 506 g/mol. The number of carbonyl (C=O) groups is 1. The van der Waals surface area contributed by atoms with Crippen LogP contribution in [0, 0.1) is 17.8 Å². The van der Waals surface area contributed by atoms with Crippen molar-refractivity contribution in [2.75, 3.05) is 5.75 Å². The number of para-hydroxylation sites is 1. The molecule has 4 unspecified atom stereocenters. The van der Waals surface area contributed by atoms with Crippen LogP contribution in [0.15, 0.2) is 60.8 Å². The quantitative estimate of drug-likeness (QED) is 0.295. The fourth-order valence-electron chi connectivity index (χ4n) is 8.55. The summed E-state index contributed by atoms with van der Waals surface area (Å²) in [6.45, 7) is 4.11. The maximum Gasteiger partial charge on any atom is 0.410 e. The topological polar surface area (TPSA) is 78.7 Å². The van der Waals surface area contributed by atoms with Gasteiger partial charge in [0.25, 0.3) is 0 Å². The minimum atomic E-state index is -0.813. The molecule has 0 spiro atoms. The number of amides is 1. The molecule has 6 nitrogen and oxygen atoms in total. The van der Waals surface area contributed by atoms with Crippen molar-refractivity contribution >= 4 is 29.6 Å². The first-order valence-corrected chi connectivity index (χ1v) is 15.0. The zero-order valence-corrected chi connectivity index (χ0v) is 23.6. The summed E-state index contributed by atoms with van der Waals surface area (Å²) in [6.07, 6.45) is 8.06. The van der Waals surface area contributed by atoms with E-state index in [1.54, 1.807) is 0 Å². The minimum absolute atomic E-state index is 0.0825. The van der Waals surface area contributed by atoms with E-state index in [2.05, 4.69) is 65.1 Å². The number of fused-ring (bicyclic) bond motifs is 1. The highest BCUT2D eigenvalue weighted by Crippen LogP contribution is 2.67. The molecular formula is C32H38N3O3S. The lowest BCUT2D eigenvalue weighted by molar-refractivity contribution is -0.181. The summed E-state index contributed by atoms with van der Waals surface area (Å²) in [4.78, 5) is 17.1. The van der Waals surface area contributed by atoms with Gasteiger partial charge < -0.3 is 14.5 Å². The van der Waals surface area contributed by atoms with Gasteiger partial charge in [0.15, 0.2) is 12.0 Å². The van der Waals surface area contributed by atoms with E-state index in [1.807, 2.05) is 25.1 Å². The molecule has 3 N–H and O–H groups in total. The number of rotatable bonds is 8. The maximum absolute atomic E-state index is 13.6. The molecule has 2 aromatic carbocycles. The second kappa shape index (κ2) is 9.28. The third-order valence-electron chi connectivity index (χ3n) is 10.4. The number of carbonyl (C=O) groups excluding carboxylic acids is 1. The minimum Gasteiger partial charge on any atom is -0.442 e. The number of alkyl carbamates (subject to hydrolysis) is 1. The first kappa shape index (κ1) is 25.5. The fraction of sp³-hybridized carbons (Fsp3) is 0.531. The molecule has 1 aromatic heterocycles. The number of epoxide rings is 1. The van der Waals surface area contributed by atoms with Gasteiger partial charge in [-0.05, 0) is 87.3 Å². The Balaban J connectivity index is 1.09. The van der Waals surface area contributed by atoms with Crippen molar-refractivity contribution in [3.8, 4) is 0 Å². The second-order valence-corrected chi connectivity index (χ2v) is 13.2. The number of aromatic nitrogens is 1. The number of nitrogens with one attached hydrogen (secondary N) is 3. The molecule has 6 atom stereocenters. The summed E-state index contributed by atoms with van der Waals surface area (Å²) in [5.41, 5.74) is 2.11. The molecule has 4 saturated carbocycles. The summed E-state index contributed by atoms with van der Waals surface area (Å²) in [7, 11) is 0. The summed E-state index contributed by atoms with van der Waals surface area (Å²) in [5.74, 6) is 2.33. The summed E-state index contributed by atoms with van der Waals surface area (Å²) in [5, 5.41) is 7.82. The molecule has 8 rings (SSSR count). The normalized spacial score (nSPS) is 37.1. The predicted molar refractivity (Wildman–Crippen MR) is 154 cm³/mol. The third kappa shape index (κ3) is 4.20. The summed E-state index contributed by atoms with van der Waals surface area (Å²) in [6, 6.07) is 18.9. The van der Waals surface area contributed by atoms with E-state index in [9.17, 15) is 4.79 Å². The van der Waals surface area contributed by atoms with Gasteiger partial charge in [-0.1, -0.05) is 61.2 Å². The number of hydrogen-bond acceptors (Lipinski definition) is 4. The van der Waals surface area contributed by atoms with Crippen LogP contribution >= 0.6 is 12.6 Å². The Bertz CT molecular complexity index is 1360. The van der Waals surface area contributed by atoms with Crippen molar-refractivity contribution < 1.29 is 14.3 Å². The van der Waals surface area contributed by atoms with Gasteiger partial charge >= 0.3 is 6.09 Å². The van der Waals surface area contributed by atoms with Crippen LogP contribution < -0.4 is 10.6 Å². The highest BCUT2D eigenvalue weighted by atomic mass is 32.1. The van der Waals surface area contributed by atoms with Gasteiger partial charge in [0, 0.05) is 34.3 Å². The molecule has 1 amide bonds. The monoisotopic (exact) mass is 544 g/mol. The largest absolute Gasteiger partial charge is 0.442 e. The van der Waals surface area contributed by atoms with Crippen LogP contribution in [0.2, 0.25) is 0 Å². The van der Waals surface area contributed by atoms with Gasteiger partial charge in [-0.3, -0.25) is 10.6 Å².